The lowest BCUT2D eigenvalue weighted by Crippen LogP contribution is -2.14. The van der Waals surface area contributed by atoms with E-state index in [9.17, 15) is 0 Å². The first-order valence-electron chi connectivity index (χ1n) is 6.32. The summed E-state index contributed by atoms with van der Waals surface area (Å²) in [5, 5.41) is 5.88. The second kappa shape index (κ2) is 4.84. The fraction of sp³-hybridized carbons (Fsp3) is 0.400. The molecule has 0 spiro atoms. The van der Waals surface area contributed by atoms with Crippen LogP contribution < -0.4 is 10.2 Å². The SMILES string of the molecule is Cc1ccc2c(NC(C)C)cnc(N(C)C)c2c1. The lowest BCUT2D eigenvalue weighted by atomic mass is 10.1. The Morgan fingerprint density at radius 3 is 2.50 bits per heavy atom. The maximum absolute atomic E-state index is 4.56. The fourth-order valence-electron chi connectivity index (χ4n) is 2.13. The molecule has 1 N–H and O–H groups in total. The molecule has 0 fully saturated rings. The second-order valence-electron chi connectivity index (χ2n) is 5.24. The number of nitrogens with one attached hydrogen (secondary N) is 1. The van der Waals surface area contributed by atoms with Crippen molar-refractivity contribution in [1.29, 1.82) is 0 Å². The van der Waals surface area contributed by atoms with Crippen LogP contribution in [-0.2, 0) is 0 Å². The number of benzene rings is 1. The molecule has 18 heavy (non-hydrogen) atoms. The molecule has 96 valence electrons. The normalized spacial score (nSPS) is 11.0. The van der Waals surface area contributed by atoms with E-state index < -0.39 is 0 Å². The van der Waals surface area contributed by atoms with Crippen LogP contribution in [-0.4, -0.2) is 25.1 Å². The quantitative estimate of drug-likeness (QED) is 0.895. The zero-order valence-corrected chi connectivity index (χ0v) is 11.8. The van der Waals surface area contributed by atoms with Crippen LogP contribution in [0.5, 0.6) is 0 Å². The molecule has 0 aliphatic rings. The Balaban J connectivity index is 2.67. The highest BCUT2D eigenvalue weighted by molar-refractivity contribution is 6.00. The van der Waals surface area contributed by atoms with Gasteiger partial charge in [0.1, 0.15) is 5.82 Å². The number of pyridine rings is 1. The van der Waals surface area contributed by atoms with E-state index in [0.717, 1.165) is 11.5 Å². The molecule has 1 heterocycles. The largest absolute Gasteiger partial charge is 0.381 e. The van der Waals surface area contributed by atoms with E-state index >= 15 is 0 Å². The molecule has 0 radical (unpaired) electrons. The number of nitrogens with zero attached hydrogens (tertiary/aromatic N) is 2. The minimum atomic E-state index is 0.404. The van der Waals surface area contributed by atoms with Crippen LogP contribution in [0.25, 0.3) is 10.8 Å². The maximum Gasteiger partial charge on any atom is 0.136 e. The topological polar surface area (TPSA) is 28.2 Å². The van der Waals surface area contributed by atoms with E-state index in [1.807, 2.05) is 20.3 Å². The lowest BCUT2D eigenvalue weighted by Gasteiger charge is -2.18. The zero-order chi connectivity index (χ0) is 13.3. The third-order valence-electron chi connectivity index (χ3n) is 2.89. The average Bonchev–Trinajstić information content (AvgIpc) is 2.27. The van der Waals surface area contributed by atoms with Crippen molar-refractivity contribution in [1.82, 2.24) is 4.98 Å². The zero-order valence-electron chi connectivity index (χ0n) is 11.8. The van der Waals surface area contributed by atoms with Crippen LogP contribution >= 0.6 is 0 Å². The molecule has 0 unspecified atom stereocenters. The number of aryl methyl sites for hydroxylation is 1. The number of fused-ring (bicyclic) bond motifs is 1. The molecular formula is C15H21N3. The summed E-state index contributed by atoms with van der Waals surface area (Å²) >= 11 is 0. The Kier molecular flexibility index (Phi) is 3.41. The van der Waals surface area contributed by atoms with Gasteiger partial charge < -0.3 is 10.2 Å². The monoisotopic (exact) mass is 243 g/mol. The Morgan fingerprint density at radius 2 is 1.89 bits per heavy atom. The molecule has 0 amide bonds. The first-order chi connectivity index (χ1) is 8.49. The van der Waals surface area contributed by atoms with Gasteiger partial charge in [0.2, 0.25) is 0 Å². The molecule has 0 saturated heterocycles. The predicted molar refractivity (Wildman–Crippen MR) is 79.6 cm³/mol. The molecule has 0 atom stereocenters. The van der Waals surface area contributed by atoms with E-state index in [2.05, 4.69) is 54.2 Å². The number of rotatable bonds is 3. The Bertz CT molecular complexity index is 559. The fourth-order valence-corrected chi connectivity index (χ4v) is 2.13. The van der Waals surface area contributed by atoms with Gasteiger partial charge in [-0.1, -0.05) is 17.7 Å². The standard InChI is InChI=1S/C15H21N3/c1-10(2)17-14-9-16-15(18(4)5)13-8-11(3)6-7-12(13)14/h6-10,17H,1-5H3. The van der Waals surface area contributed by atoms with Gasteiger partial charge in [-0.3, -0.25) is 0 Å². The molecule has 1 aromatic carbocycles. The Hall–Kier alpha value is -1.77. The summed E-state index contributed by atoms with van der Waals surface area (Å²) in [6.45, 7) is 6.39. The van der Waals surface area contributed by atoms with E-state index in [4.69, 9.17) is 0 Å². The lowest BCUT2D eigenvalue weighted by molar-refractivity contribution is 0.899. The average molecular weight is 243 g/mol. The summed E-state index contributed by atoms with van der Waals surface area (Å²) in [5.41, 5.74) is 2.36. The number of aromatic nitrogens is 1. The molecule has 0 saturated carbocycles. The number of hydrogen-bond acceptors (Lipinski definition) is 3. The highest BCUT2D eigenvalue weighted by Crippen LogP contribution is 2.30. The van der Waals surface area contributed by atoms with Gasteiger partial charge in [0.05, 0.1) is 11.9 Å². The van der Waals surface area contributed by atoms with Gasteiger partial charge in [-0.05, 0) is 26.8 Å². The van der Waals surface area contributed by atoms with Crippen molar-refractivity contribution in [2.75, 3.05) is 24.3 Å². The van der Waals surface area contributed by atoms with Gasteiger partial charge in [-0.15, -0.1) is 0 Å². The van der Waals surface area contributed by atoms with Gasteiger partial charge in [0.25, 0.3) is 0 Å². The molecule has 0 aliphatic heterocycles. The minimum absolute atomic E-state index is 0.404. The van der Waals surface area contributed by atoms with Crippen molar-refractivity contribution < 1.29 is 0 Å². The van der Waals surface area contributed by atoms with Crippen molar-refractivity contribution in [2.45, 2.75) is 26.8 Å². The summed E-state index contributed by atoms with van der Waals surface area (Å²) in [7, 11) is 4.05. The van der Waals surface area contributed by atoms with Crippen LogP contribution in [0.1, 0.15) is 19.4 Å². The van der Waals surface area contributed by atoms with E-state index in [0.29, 0.717) is 6.04 Å². The van der Waals surface area contributed by atoms with Gasteiger partial charge in [0, 0.05) is 30.9 Å². The van der Waals surface area contributed by atoms with Crippen molar-refractivity contribution >= 4 is 22.3 Å². The molecule has 1 aromatic heterocycles. The summed E-state index contributed by atoms with van der Waals surface area (Å²) in [5.74, 6) is 1.02. The van der Waals surface area contributed by atoms with Gasteiger partial charge in [0.15, 0.2) is 0 Å². The van der Waals surface area contributed by atoms with E-state index in [1.165, 1.54) is 16.3 Å². The molecule has 2 rings (SSSR count). The molecular weight excluding hydrogens is 222 g/mol. The summed E-state index contributed by atoms with van der Waals surface area (Å²) in [4.78, 5) is 6.62. The summed E-state index contributed by atoms with van der Waals surface area (Å²) in [6.07, 6.45) is 1.92. The molecule has 3 heteroatoms. The van der Waals surface area contributed by atoms with Crippen LogP contribution in [0.15, 0.2) is 24.4 Å². The maximum atomic E-state index is 4.56. The van der Waals surface area contributed by atoms with Gasteiger partial charge >= 0.3 is 0 Å². The van der Waals surface area contributed by atoms with Gasteiger partial charge in [-0.25, -0.2) is 4.98 Å². The number of anilines is 2. The highest BCUT2D eigenvalue weighted by atomic mass is 15.1. The minimum Gasteiger partial charge on any atom is -0.381 e. The molecule has 3 nitrogen and oxygen atoms in total. The van der Waals surface area contributed by atoms with E-state index in [-0.39, 0.29) is 0 Å². The van der Waals surface area contributed by atoms with Crippen molar-refractivity contribution in [2.24, 2.45) is 0 Å². The number of hydrogen-bond donors (Lipinski definition) is 1. The smallest absolute Gasteiger partial charge is 0.136 e. The van der Waals surface area contributed by atoms with Crippen LogP contribution in [0.2, 0.25) is 0 Å². The first-order valence-corrected chi connectivity index (χ1v) is 6.32. The summed E-state index contributed by atoms with van der Waals surface area (Å²) < 4.78 is 0. The summed E-state index contributed by atoms with van der Waals surface area (Å²) in [6, 6.07) is 6.92. The predicted octanol–water partition coefficient (Wildman–Crippen LogP) is 3.43. The molecule has 0 aliphatic carbocycles. The first kappa shape index (κ1) is 12.7. The van der Waals surface area contributed by atoms with Crippen LogP contribution in [0, 0.1) is 6.92 Å². The van der Waals surface area contributed by atoms with Crippen molar-refractivity contribution in [3.05, 3.63) is 30.0 Å². The van der Waals surface area contributed by atoms with Crippen LogP contribution in [0.4, 0.5) is 11.5 Å². The Labute approximate surface area is 109 Å². The van der Waals surface area contributed by atoms with Crippen molar-refractivity contribution in [3.8, 4) is 0 Å². The second-order valence-corrected chi connectivity index (χ2v) is 5.24. The Morgan fingerprint density at radius 1 is 1.17 bits per heavy atom. The third kappa shape index (κ3) is 2.40. The van der Waals surface area contributed by atoms with Crippen LogP contribution in [0.3, 0.4) is 0 Å². The van der Waals surface area contributed by atoms with Crippen molar-refractivity contribution in [3.63, 3.8) is 0 Å². The molecule has 0 bridgehead atoms. The molecule has 2 aromatic rings. The third-order valence-corrected chi connectivity index (χ3v) is 2.89. The van der Waals surface area contributed by atoms with Gasteiger partial charge in [-0.2, -0.15) is 0 Å². The van der Waals surface area contributed by atoms with E-state index in [1.54, 1.807) is 0 Å². The highest BCUT2D eigenvalue weighted by Gasteiger charge is 2.09.